The van der Waals surface area contributed by atoms with Gasteiger partial charge >= 0.3 is 0 Å². The van der Waals surface area contributed by atoms with Gasteiger partial charge in [0.1, 0.15) is 11.5 Å². The molecule has 0 radical (unpaired) electrons. The van der Waals surface area contributed by atoms with Gasteiger partial charge in [-0.2, -0.15) is 0 Å². The van der Waals surface area contributed by atoms with E-state index in [1.54, 1.807) is 0 Å². The Balaban J connectivity index is 1.12. The van der Waals surface area contributed by atoms with Gasteiger partial charge in [0.15, 0.2) is 0 Å². The highest BCUT2D eigenvalue weighted by atomic mass is 16.5. The van der Waals surface area contributed by atoms with Crippen LogP contribution in [0.5, 0.6) is 11.5 Å². The van der Waals surface area contributed by atoms with E-state index >= 15 is 0 Å². The molecule has 0 spiro atoms. The van der Waals surface area contributed by atoms with Crippen molar-refractivity contribution in [3.05, 3.63) is 200 Å². The van der Waals surface area contributed by atoms with Crippen molar-refractivity contribution in [3.8, 4) is 67.1 Å². The molecule has 0 unspecified atom stereocenters. The zero-order chi connectivity index (χ0) is 33.3. The Morgan fingerprint density at radius 1 is 0.260 bits per heavy atom. The molecule has 8 aromatic carbocycles. The molecule has 0 bridgehead atoms. The molecule has 1 aliphatic heterocycles. The second-order valence-electron chi connectivity index (χ2n) is 12.5. The molecule has 0 aromatic heterocycles. The zero-order valence-corrected chi connectivity index (χ0v) is 27.4. The van der Waals surface area contributed by atoms with Crippen LogP contribution in [-0.2, 0) is 0 Å². The van der Waals surface area contributed by atoms with Gasteiger partial charge in [0.05, 0.1) is 0 Å². The summed E-state index contributed by atoms with van der Waals surface area (Å²) >= 11 is 0. The van der Waals surface area contributed by atoms with Crippen LogP contribution in [0.2, 0.25) is 0 Å². The fourth-order valence-corrected chi connectivity index (χ4v) is 7.03. The van der Waals surface area contributed by atoms with E-state index in [1.807, 2.05) is 6.07 Å². The van der Waals surface area contributed by atoms with Gasteiger partial charge in [0.2, 0.25) is 0 Å². The summed E-state index contributed by atoms with van der Waals surface area (Å²) in [6.07, 6.45) is 0. The van der Waals surface area contributed by atoms with Crippen molar-refractivity contribution in [3.63, 3.8) is 0 Å². The smallest absolute Gasteiger partial charge is 0.143 e. The lowest BCUT2D eigenvalue weighted by molar-refractivity contribution is 0.489. The molecule has 0 saturated heterocycles. The third-order valence-electron chi connectivity index (χ3n) is 9.52. The molecular weight excluding hydrogens is 607 g/mol. The second-order valence-corrected chi connectivity index (χ2v) is 12.5. The van der Waals surface area contributed by atoms with Crippen LogP contribution in [0.25, 0.3) is 55.6 Å². The van der Waals surface area contributed by atoms with Crippen LogP contribution in [0.3, 0.4) is 0 Å². The summed E-state index contributed by atoms with van der Waals surface area (Å²) in [7, 11) is 0. The molecule has 0 N–H and O–H groups in total. The summed E-state index contributed by atoms with van der Waals surface area (Å²) in [5, 5.41) is 0. The first-order chi connectivity index (χ1) is 24.8. The Kier molecular flexibility index (Phi) is 7.53. The van der Waals surface area contributed by atoms with Crippen LogP contribution in [0.15, 0.2) is 200 Å². The quantitative estimate of drug-likeness (QED) is 0.179. The molecule has 2 nitrogen and oxygen atoms in total. The first-order valence-electron chi connectivity index (χ1n) is 17.0. The number of fused-ring (bicyclic) bond motifs is 5. The largest absolute Gasteiger partial charge is 0.455 e. The van der Waals surface area contributed by atoms with E-state index in [9.17, 15) is 0 Å². The third-order valence-corrected chi connectivity index (χ3v) is 9.52. The number of nitrogens with zero attached hydrogens (tertiary/aromatic N) is 1. The van der Waals surface area contributed by atoms with E-state index in [-0.39, 0.29) is 0 Å². The zero-order valence-electron chi connectivity index (χ0n) is 27.4. The van der Waals surface area contributed by atoms with Crippen LogP contribution in [0, 0.1) is 0 Å². The van der Waals surface area contributed by atoms with Crippen molar-refractivity contribution in [2.24, 2.45) is 0 Å². The van der Waals surface area contributed by atoms with Gasteiger partial charge in [-0.15, -0.1) is 0 Å². The van der Waals surface area contributed by atoms with Crippen molar-refractivity contribution in [2.45, 2.75) is 0 Å². The third kappa shape index (κ3) is 5.43. The Hall–Kier alpha value is -6.64. The van der Waals surface area contributed by atoms with Crippen LogP contribution in [-0.4, -0.2) is 0 Å². The number of hydrogen-bond donors (Lipinski definition) is 0. The van der Waals surface area contributed by atoms with E-state index in [1.165, 1.54) is 33.4 Å². The molecule has 1 heterocycles. The molecule has 8 aromatic rings. The molecular formula is C48H33NO. The topological polar surface area (TPSA) is 12.5 Å². The number of hydrogen-bond acceptors (Lipinski definition) is 2. The van der Waals surface area contributed by atoms with Crippen LogP contribution >= 0.6 is 0 Å². The molecule has 1 aliphatic rings. The van der Waals surface area contributed by atoms with Gasteiger partial charge in [0.25, 0.3) is 0 Å². The fraction of sp³-hybridized carbons (Fsp3) is 0. The molecule has 2 heteroatoms. The highest BCUT2D eigenvalue weighted by molar-refractivity contribution is 5.94. The van der Waals surface area contributed by atoms with E-state index in [0.717, 1.165) is 50.8 Å². The average molecular weight is 640 g/mol. The van der Waals surface area contributed by atoms with E-state index in [2.05, 4.69) is 199 Å². The van der Waals surface area contributed by atoms with E-state index < -0.39 is 0 Å². The highest BCUT2D eigenvalue weighted by Gasteiger charge is 2.23. The Morgan fingerprint density at radius 2 is 0.640 bits per heavy atom. The van der Waals surface area contributed by atoms with E-state index in [0.29, 0.717) is 0 Å². The van der Waals surface area contributed by atoms with Crippen LogP contribution in [0.1, 0.15) is 0 Å². The molecule has 0 aliphatic carbocycles. The van der Waals surface area contributed by atoms with Crippen molar-refractivity contribution in [1.82, 2.24) is 0 Å². The minimum atomic E-state index is 0.867. The summed E-state index contributed by atoms with van der Waals surface area (Å²) in [5.41, 5.74) is 14.8. The summed E-state index contributed by atoms with van der Waals surface area (Å²) in [4.78, 5) is 2.32. The Morgan fingerprint density at radius 3 is 1.18 bits per heavy atom. The predicted molar refractivity (Wildman–Crippen MR) is 208 cm³/mol. The average Bonchev–Trinajstić information content (AvgIpc) is 3.34. The number of para-hydroxylation sites is 2. The normalized spacial score (nSPS) is 11.4. The second kappa shape index (κ2) is 12.8. The van der Waals surface area contributed by atoms with Gasteiger partial charge in [0, 0.05) is 33.8 Å². The lowest BCUT2D eigenvalue weighted by Gasteiger charge is -2.26. The maximum atomic E-state index is 6.77. The lowest BCUT2D eigenvalue weighted by Crippen LogP contribution is -2.09. The minimum Gasteiger partial charge on any atom is -0.455 e. The van der Waals surface area contributed by atoms with Crippen molar-refractivity contribution >= 4 is 17.1 Å². The number of benzene rings is 8. The fourth-order valence-electron chi connectivity index (χ4n) is 7.03. The first-order valence-corrected chi connectivity index (χ1v) is 17.0. The van der Waals surface area contributed by atoms with Crippen molar-refractivity contribution < 1.29 is 4.74 Å². The number of rotatable bonds is 6. The Labute approximate surface area is 293 Å². The molecule has 0 saturated carbocycles. The molecule has 0 atom stereocenters. The molecule has 236 valence electrons. The highest BCUT2D eigenvalue weighted by Crippen LogP contribution is 2.50. The standard InChI is InChI=1S/C48H33NO/c1-3-12-34(13-4-1)36-22-28-39(29-23-36)49(40-30-24-37(25-31-40)35-14-5-2-6-15-35)41-32-26-38(27-33-41)42-19-11-20-46-44-17-8-7-16-43(44)45-18-9-10-21-47(45)50-48(42)46/h1-33H. The molecule has 0 amide bonds. The molecule has 0 fully saturated rings. The van der Waals surface area contributed by atoms with Gasteiger partial charge in [-0.25, -0.2) is 0 Å². The predicted octanol–water partition coefficient (Wildman–Crippen LogP) is 13.6. The van der Waals surface area contributed by atoms with Crippen molar-refractivity contribution in [1.29, 1.82) is 0 Å². The summed E-state index contributed by atoms with van der Waals surface area (Å²) in [5.74, 6) is 1.74. The number of anilines is 3. The number of ether oxygens (including phenoxy) is 1. The summed E-state index contributed by atoms with van der Waals surface area (Å²) in [6, 6.07) is 70.9. The maximum absolute atomic E-state index is 6.77. The maximum Gasteiger partial charge on any atom is 0.143 e. The SMILES string of the molecule is c1ccc(-c2ccc(N(c3ccc(-c4ccccc4)cc3)c3ccc(-c4cccc5c4Oc4ccccc4-c4ccccc4-5)cc3)cc2)cc1. The first kappa shape index (κ1) is 29.5. The minimum absolute atomic E-state index is 0.867. The molecule has 9 rings (SSSR count). The van der Waals surface area contributed by atoms with Gasteiger partial charge in [-0.05, 0) is 81.4 Å². The Bertz CT molecular complexity index is 2330. The van der Waals surface area contributed by atoms with Crippen LogP contribution < -0.4 is 9.64 Å². The van der Waals surface area contributed by atoms with Gasteiger partial charge in [-0.3, -0.25) is 0 Å². The molecule has 50 heavy (non-hydrogen) atoms. The van der Waals surface area contributed by atoms with Gasteiger partial charge < -0.3 is 9.64 Å². The van der Waals surface area contributed by atoms with Crippen molar-refractivity contribution in [2.75, 3.05) is 4.90 Å². The summed E-state index contributed by atoms with van der Waals surface area (Å²) < 4.78 is 6.77. The van der Waals surface area contributed by atoms with Gasteiger partial charge in [-0.1, -0.05) is 158 Å². The lowest BCUT2D eigenvalue weighted by atomic mass is 9.92. The van der Waals surface area contributed by atoms with Crippen LogP contribution in [0.4, 0.5) is 17.1 Å². The van der Waals surface area contributed by atoms with E-state index in [4.69, 9.17) is 4.74 Å². The summed E-state index contributed by atoms with van der Waals surface area (Å²) in [6.45, 7) is 0. The monoisotopic (exact) mass is 639 g/mol.